The molecule has 0 aromatic carbocycles. The molecule has 0 atom stereocenters. The van der Waals surface area contributed by atoms with Gasteiger partial charge in [-0.2, -0.15) is 0 Å². The number of carbonyl (C=O) groups excluding carboxylic acids is 1. The third-order valence-electron chi connectivity index (χ3n) is 0.648. The second-order valence-electron chi connectivity index (χ2n) is 1.36. The highest BCUT2D eigenvalue weighted by Gasteiger charge is 2.05. The number of carbonyl (C=O) groups is 1. The molecule has 0 saturated carbocycles. The van der Waals surface area contributed by atoms with Crippen molar-refractivity contribution in [2.45, 2.75) is 0 Å². The molecule has 0 heterocycles. The van der Waals surface area contributed by atoms with Crippen LogP contribution in [0.3, 0.4) is 0 Å². The summed E-state index contributed by atoms with van der Waals surface area (Å²) in [5, 5.41) is -0.609. The van der Waals surface area contributed by atoms with Gasteiger partial charge in [0.25, 0.3) is 0 Å². The summed E-state index contributed by atoms with van der Waals surface area (Å²) < 4.78 is 25.1. The highest BCUT2D eigenvalue weighted by molar-refractivity contribution is 8.11. The fourth-order valence-corrected chi connectivity index (χ4v) is 0.815. The first kappa shape index (κ1) is 10.4. The second-order valence-corrected chi connectivity index (χ2v) is 3.06. The van der Waals surface area contributed by atoms with E-state index in [-0.39, 0.29) is 0 Å². The molecule has 6 nitrogen and oxygen atoms in total. The average Bonchev–Trinajstić information content (AvgIpc) is 1.99. The highest BCUT2D eigenvalue weighted by atomic mass is 32.2. The van der Waals surface area contributed by atoms with Crippen molar-refractivity contribution >= 4 is 27.7 Å². The second kappa shape index (κ2) is 5.10. The van der Waals surface area contributed by atoms with E-state index in [2.05, 4.69) is 9.57 Å². The van der Waals surface area contributed by atoms with Gasteiger partial charge in [0.2, 0.25) is 0 Å². The van der Waals surface area contributed by atoms with Crippen LogP contribution >= 0.6 is 11.9 Å². The largest absolute Gasteiger partial charge is 0.483 e. The molecule has 1 N–H and O–H groups in total. The van der Waals surface area contributed by atoms with Crippen molar-refractivity contribution < 1.29 is 22.0 Å². The van der Waals surface area contributed by atoms with Crippen molar-refractivity contribution in [1.82, 2.24) is 4.83 Å². The lowest BCUT2D eigenvalue weighted by molar-refractivity contribution is -0.508. The normalized spacial score (nSPS) is 8.91. The molecule has 0 rings (SSSR count). The molecule has 11 heavy (non-hydrogen) atoms. The topological polar surface area (TPSA) is 75.5 Å². The quantitative estimate of drug-likeness (QED) is 0.282. The predicted octanol–water partition coefficient (Wildman–Crippen LogP) is -0.389. The van der Waals surface area contributed by atoms with Crippen LogP contribution in [0.4, 0.5) is 4.79 Å². The maximum absolute atomic E-state index is 10.4. The number of rotatable bonds is 2. The molecule has 8 heteroatoms. The highest BCUT2D eigenvalue weighted by Crippen LogP contribution is 1.96. The Labute approximate surface area is 69.3 Å². The minimum Gasteiger partial charge on any atom is -0.460 e. The molecule has 0 radical (unpaired) electrons. The standard InChI is InChI=1S/C3H7N2O4S2/c1-5(11(7)8)4-10-3(6)9-2/h4H,1-2H3/q+1. The lowest BCUT2D eigenvalue weighted by atomic mass is 11.5. The zero-order chi connectivity index (χ0) is 8.85. The van der Waals surface area contributed by atoms with Crippen LogP contribution in [0.5, 0.6) is 0 Å². The molecule has 0 spiro atoms. The number of nitrogens with one attached hydrogen (secondary N) is 1. The molecule has 0 aliphatic rings. The number of hydrogen-bond acceptors (Lipinski definition) is 5. The van der Waals surface area contributed by atoms with Crippen LogP contribution < -0.4 is 4.83 Å². The summed E-state index contributed by atoms with van der Waals surface area (Å²) in [6.07, 6.45) is 0. The van der Waals surface area contributed by atoms with Gasteiger partial charge >= 0.3 is 15.8 Å². The van der Waals surface area contributed by atoms with E-state index in [0.29, 0.717) is 11.9 Å². The lowest BCUT2D eigenvalue weighted by Gasteiger charge is -1.91. The summed E-state index contributed by atoms with van der Waals surface area (Å²) in [6, 6.07) is 0. The Morgan fingerprint density at radius 3 is 2.55 bits per heavy atom. The summed E-state index contributed by atoms with van der Waals surface area (Å²) in [4.78, 5) is 12.6. The third kappa shape index (κ3) is 4.76. The number of hydrogen-bond donors (Lipinski definition) is 1. The molecule has 0 bridgehead atoms. The third-order valence-corrected chi connectivity index (χ3v) is 2.00. The van der Waals surface area contributed by atoms with E-state index in [1.165, 1.54) is 14.2 Å². The van der Waals surface area contributed by atoms with Gasteiger partial charge in [-0.1, -0.05) is 0 Å². The molecular formula is C3H7N2O4S2+. The monoisotopic (exact) mass is 199 g/mol. The van der Waals surface area contributed by atoms with E-state index in [4.69, 9.17) is 0 Å². The Balaban J connectivity index is 3.92. The molecule has 0 aliphatic heterocycles. The van der Waals surface area contributed by atoms with Gasteiger partial charge in [-0.25, -0.2) is 4.79 Å². The van der Waals surface area contributed by atoms with E-state index in [0.717, 1.165) is 4.05 Å². The number of nitrogens with zero attached hydrogens (tertiary/aromatic N) is 1. The molecular weight excluding hydrogens is 192 g/mol. The minimum absolute atomic E-state index is 0.535. The summed E-state index contributed by atoms with van der Waals surface area (Å²) >= 11 is 0.535. The minimum atomic E-state index is -2.39. The van der Waals surface area contributed by atoms with Crippen molar-refractivity contribution in [3.63, 3.8) is 0 Å². The Morgan fingerprint density at radius 1 is 1.64 bits per heavy atom. The molecule has 64 valence electrons. The van der Waals surface area contributed by atoms with Crippen LogP contribution in [0.2, 0.25) is 0 Å². The van der Waals surface area contributed by atoms with Gasteiger partial charge in [0, 0.05) is 0 Å². The van der Waals surface area contributed by atoms with Crippen LogP contribution in [-0.4, -0.2) is 31.9 Å². The number of methoxy groups -OCH3 is 1. The van der Waals surface area contributed by atoms with Gasteiger partial charge in [-0.05, 0) is 8.89 Å². The summed E-state index contributed by atoms with van der Waals surface area (Å²) in [7, 11) is 0.0635. The molecule has 0 amide bonds. The van der Waals surface area contributed by atoms with Crippen molar-refractivity contribution in [2.24, 2.45) is 0 Å². The maximum Gasteiger partial charge on any atom is 0.483 e. The zero-order valence-corrected chi connectivity index (χ0v) is 7.53. The first-order valence-corrected chi connectivity index (χ1v) is 4.26. The number of hydrazine groups is 1. The van der Waals surface area contributed by atoms with Crippen molar-refractivity contribution in [2.75, 3.05) is 14.2 Å². The average molecular weight is 199 g/mol. The summed E-state index contributed by atoms with van der Waals surface area (Å²) in [5.74, 6) is 0. The molecule has 0 aliphatic carbocycles. The van der Waals surface area contributed by atoms with Gasteiger partial charge in [0.15, 0.2) is 7.05 Å². The maximum atomic E-state index is 10.4. The lowest BCUT2D eigenvalue weighted by Crippen LogP contribution is -2.19. The summed E-state index contributed by atoms with van der Waals surface area (Å²) in [5.41, 5.74) is 0. The van der Waals surface area contributed by atoms with Gasteiger partial charge < -0.3 is 4.74 Å². The number of ether oxygens (including phenoxy) is 1. The molecule has 0 saturated heterocycles. The molecule has 0 aromatic heterocycles. The van der Waals surface area contributed by atoms with Gasteiger partial charge in [-0.15, -0.1) is 8.42 Å². The smallest absolute Gasteiger partial charge is 0.460 e. The van der Waals surface area contributed by atoms with E-state index < -0.39 is 15.8 Å². The Bertz CT molecular complexity index is 261. The van der Waals surface area contributed by atoms with Crippen LogP contribution in [0, 0.1) is 0 Å². The van der Waals surface area contributed by atoms with E-state index in [9.17, 15) is 13.2 Å². The zero-order valence-electron chi connectivity index (χ0n) is 5.90. The van der Waals surface area contributed by atoms with Crippen molar-refractivity contribution in [3.05, 3.63) is 0 Å². The van der Waals surface area contributed by atoms with Gasteiger partial charge in [-0.3, -0.25) is 0 Å². The molecule has 0 fully saturated rings. The SMILES string of the molecule is COC(=O)SN[N+](C)=S(=O)=O. The van der Waals surface area contributed by atoms with E-state index >= 15 is 0 Å². The Morgan fingerprint density at radius 2 is 2.18 bits per heavy atom. The van der Waals surface area contributed by atoms with E-state index in [1.54, 1.807) is 0 Å². The molecule has 0 aromatic rings. The van der Waals surface area contributed by atoms with Gasteiger partial charge in [0.05, 0.1) is 7.11 Å². The van der Waals surface area contributed by atoms with Crippen molar-refractivity contribution in [3.8, 4) is 0 Å². The first-order chi connectivity index (χ1) is 5.07. The van der Waals surface area contributed by atoms with Crippen LogP contribution in [0.1, 0.15) is 0 Å². The Kier molecular flexibility index (Phi) is 4.83. The fraction of sp³-hybridized carbons (Fsp3) is 0.667. The van der Waals surface area contributed by atoms with Crippen LogP contribution in [-0.2, 0) is 15.2 Å². The summed E-state index contributed by atoms with van der Waals surface area (Å²) in [6.45, 7) is 0. The van der Waals surface area contributed by atoms with Gasteiger partial charge in [0.1, 0.15) is 11.9 Å². The fourth-order valence-electron chi connectivity index (χ4n) is 0.174. The van der Waals surface area contributed by atoms with Crippen LogP contribution in [0.15, 0.2) is 0 Å². The first-order valence-electron chi connectivity index (χ1n) is 2.41. The predicted molar refractivity (Wildman–Crippen MR) is 38.2 cm³/mol. The van der Waals surface area contributed by atoms with Crippen molar-refractivity contribution in [1.29, 1.82) is 0 Å². The Hall–Kier alpha value is -0.600. The van der Waals surface area contributed by atoms with Crippen LogP contribution in [0.25, 0.3) is 0 Å². The molecule has 0 unspecified atom stereocenters. The van der Waals surface area contributed by atoms with E-state index in [1.807, 2.05) is 0 Å².